The molecule has 57 heavy (non-hydrogen) atoms. The van der Waals surface area contributed by atoms with E-state index in [4.69, 9.17) is 86.8 Å². The highest BCUT2D eigenvalue weighted by Gasteiger charge is 2.49. The van der Waals surface area contributed by atoms with Crippen LogP contribution in [0.25, 0.3) is 11.1 Å². The van der Waals surface area contributed by atoms with Gasteiger partial charge >= 0.3 is 0 Å². The van der Waals surface area contributed by atoms with Crippen LogP contribution in [-0.4, -0.2) is 91.4 Å². The lowest BCUT2D eigenvalue weighted by Crippen LogP contribution is -2.31. The quantitative estimate of drug-likeness (QED) is 0.0994. The Kier molecular flexibility index (Phi) is 12.0. The molecule has 4 aromatic rings. The predicted molar refractivity (Wildman–Crippen MR) is 245 cm³/mol. The minimum absolute atomic E-state index is 0.135. The van der Waals surface area contributed by atoms with Crippen molar-refractivity contribution >= 4 is 113 Å². The number of thiocarbonyl (C=S) groups is 4. The number of hydrogen-bond acceptors (Lipinski definition) is 16. The fourth-order valence-electron chi connectivity index (χ4n) is 7.54. The van der Waals surface area contributed by atoms with Crippen LogP contribution in [0.4, 0.5) is 0 Å². The van der Waals surface area contributed by atoms with Gasteiger partial charge in [0.25, 0.3) is 0 Å². The summed E-state index contributed by atoms with van der Waals surface area (Å²) in [6, 6.07) is 29.2. The van der Waals surface area contributed by atoms with Crippen LogP contribution < -0.4 is 18.9 Å². The molecule has 4 heterocycles. The lowest BCUT2D eigenvalue weighted by molar-refractivity contribution is 0.144. The van der Waals surface area contributed by atoms with Gasteiger partial charge in [-0.05, 0) is 83.3 Å². The van der Waals surface area contributed by atoms with Gasteiger partial charge in [-0.3, -0.25) is 0 Å². The van der Waals surface area contributed by atoms with E-state index in [1.165, 1.54) is 47.0 Å². The van der Waals surface area contributed by atoms with Gasteiger partial charge in [0, 0.05) is 46.3 Å². The van der Waals surface area contributed by atoms with E-state index in [9.17, 15) is 0 Å². The number of fused-ring (bicyclic) bond motifs is 3. The Hall–Kier alpha value is -2.96. The van der Waals surface area contributed by atoms with E-state index in [1.807, 2.05) is 24.3 Å². The van der Waals surface area contributed by atoms with Gasteiger partial charge in [0.2, 0.25) is 17.5 Å². The van der Waals surface area contributed by atoms with Crippen LogP contribution in [0.2, 0.25) is 0 Å². The first kappa shape index (κ1) is 39.5. The van der Waals surface area contributed by atoms with Gasteiger partial charge in [-0.15, -0.1) is 0 Å². The summed E-state index contributed by atoms with van der Waals surface area (Å²) in [5, 5.41) is 0. The first-order chi connectivity index (χ1) is 27.8. The van der Waals surface area contributed by atoms with E-state index >= 15 is 0 Å². The van der Waals surface area contributed by atoms with Crippen molar-refractivity contribution in [2.45, 2.75) is 29.8 Å². The normalized spacial score (nSPS) is 22.9. The van der Waals surface area contributed by atoms with E-state index in [2.05, 4.69) is 60.7 Å². The van der Waals surface area contributed by atoms with Gasteiger partial charge in [0.05, 0.1) is 5.41 Å². The van der Waals surface area contributed by atoms with Crippen molar-refractivity contribution in [3.8, 4) is 34.1 Å². The van der Waals surface area contributed by atoms with Crippen molar-refractivity contribution in [1.82, 2.24) is 0 Å². The molecule has 4 unspecified atom stereocenters. The standard InChI is InChI=1S/C41H34O8S8/c50-37-46-25(19-54-37)15-42-23-9-11-33(35(13-23)44-17-27-21-56-39(52)48-27)41(31-7-3-1-5-29(31)30-6-2-4-8-32(30)41)34-12-10-24(43-16-26-20-55-38(51)47-26)14-36(34)45-18-28-22-57-40(53)49-28/h1-14,25-28H,15-22H2. The van der Waals surface area contributed by atoms with Crippen LogP contribution in [-0.2, 0) is 24.4 Å². The average molecular weight is 911 g/mol. The summed E-state index contributed by atoms with van der Waals surface area (Å²) in [6.45, 7) is 1.27. The molecule has 0 aromatic heterocycles. The van der Waals surface area contributed by atoms with Gasteiger partial charge in [-0.25, -0.2) is 0 Å². The Morgan fingerprint density at radius 2 is 0.807 bits per heavy atom. The van der Waals surface area contributed by atoms with E-state index in [1.54, 1.807) is 0 Å². The van der Waals surface area contributed by atoms with Crippen molar-refractivity contribution in [2.24, 2.45) is 0 Å². The Labute approximate surface area is 369 Å². The second-order valence-corrected chi connectivity index (χ2v) is 20.1. The molecule has 294 valence electrons. The highest BCUT2D eigenvalue weighted by Crippen LogP contribution is 2.60. The summed E-state index contributed by atoms with van der Waals surface area (Å²) in [5.74, 6) is 5.47. The molecule has 4 atom stereocenters. The first-order valence-corrected chi connectivity index (χ1v) is 23.7. The van der Waals surface area contributed by atoms with Crippen LogP contribution in [0, 0.1) is 0 Å². The van der Waals surface area contributed by atoms with Crippen LogP contribution >= 0.6 is 95.9 Å². The van der Waals surface area contributed by atoms with Crippen LogP contribution in [0.3, 0.4) is 0 Å². The minimum Gasteiger partial charge on any atom is -0.490 e. The lowest BCUT2D eigenvalue weighted by atomic mass is 9.67. The van der Waals surface area contributed by atoms with Gasteiger partial charge in [0.1, 0.15) is 73.8 Å². The largest absolute Gasteiger partial charge is 0.490 e. The average Bonchev–Trinajstić information content (AvgIpc) is 4.08. The van der Waals surface area contributed by atoms with E-state index in [0.717, 1.165) is 44.9 Å². The zero-order valence-electron chi connectivity index (χ0n) is 30.1. The van der Waals surface area contributed by atoms with Crippen molar-refractivity contribution in [3.05, 3.63) is 107 Å². The molecule has 0 saturated carbocycles. The fraction of sp³-hybridized carbons (Fsp3) is 0.317. The molecule has 4 aliphatic heterocycles. The molecule has 0 spiro atoms. The van der Waals surface area contributed by atoms with Gasteiger partial charge in [-0.1, -0.05) is 108 Å². The summed E-state index contributed by atoms with van der Waals surface area (Å²) in [5.41, 5.74) is 5.31. The molecular formula is C41H34O8S8. The molecule has 4 saturated heterocycles. The highest BCUT2D eigenvalue weighted by atomic mass is 32.2. The summed E-state index contributed by atoms with van der Waals surface area (Å²) < 4.78 is 52.0. The fourth-order valence-corrected chi connectivity index (χ4v) is 11.7. The van der Waals surface area contributed by atoms with Crippen molar-refractivity contribution < 1.29 is 37.9 Å². The molecule has 4 aromatic carbocycles. The molecule has 4 fully saturated rings. The second kappa shape index (κ2) is 17.3. The van der Waals surface area contributed by atoms with Crippen molar-refractivity contribution in [2.75, 3.05) is 49.4 Å². The zero-order valence-corrected chi connectivity index (χ0v) is 36.6. The summed E-state index contributed by atoms with van der Waals surface area (Å²) in [4.78, 5) is 0. The summed E-state index contributed by atoms with van der Waals surface area (Å²) in [7, 11) is 0. The number of ether oxygens (including phenoxy) is 8. The third-order valence-corrected chi connectivity index (χ3v) is 15.3. The molecular weight excluding hydrogens is 877 g/mol. The van der Waals surface area contributed by atoms with Crippen LogP contribution in [0.1, 0.15) is 22.3 Å². The minimum atomic E-state index is -0.912. The molecule has 1 aliphatic carbocycles. The Morgan fingerprint density at radius 1 is 0.456 bits per heavy atom. The third kappa shape index (κ3) is 8.30. The molecule has 9 rings (SSSR count). The highest BCUT2D eigenvalue weighted by molar-refractivity contribution is 8.24. The maximum Gasteiger partial charge on any atom is 0.220 e. The number of thioether (sulfide) groups is 4. The second-order valence-electron chi connectivity index (χ2n) is 13.6. The lowest BCUT2D eigenvalue weighted by Gasteiger charge is -2.36. The van der Waals surface area contributed by atoms with Crippen molar-refractivity contribution in [1.29, 1.82) is 0 Å². The molecule has 0 N–H and O–H groups in total. The number of benzene rings is 4. The molecule has 0 bridgehead atoms. The Balaban J connectivity index is 1.19. The Morgan fingerprint density at radius 3 is 1.16 bits per heavy atom. The number of hydrogen-bond donors (Lipinski definition) is 0. The van der Waals surface area contributed by atoms with Crippen LogP contribution in [0.5, 0.6) is 23.0 Å². The summed E-state index contributed by atoms with van der Waals surface area (Å²) in [6.07, 6.45) is -0.675. The zero-order chi connectivity index (χ0) is 38.9. The van der Waals surface area contributed by atoms with Gasteiger partial charge in [0.15, 0.2) is 0 Å². The van der Waals surface area contributed by atoms with Crippen LogP contribution in [0.15, 0.2) is 84.9 Å². The van der Waals surface area contributed by atoms with E-state index in [-0.39, 0.29) is 37.6 Å². The monoisotopic (exact) mass is 910 g/mol. The summed E-state index contributed by atoms with van der Waals surface area (Å²) >= 11 is 27.3. The smallest absolute Gasteiger partial charge is 0.220 e. The molecule has 16 heteroatoms. The topological polar surface area (TPSA) is 73.8 Å². The predicted octanol–water partition coefficient (Wildman–Crippen LogP) is 9.23. The SMILES string of the molecule is S=C1OC(COc2ccc(C3(c4ccc(OCC5CSC(=S)O5)cc4OCC4CSC(=S)O4)c4ccccc4-c4ccccc43)c(OCC3CSC(=S)O3)c2)CS1. The maximum atomic E-state index is 6.85. The molecule has 0 amide bonds. The van der Waals surface area contributed by atoms with Gasteiger partial charge < -0.3 is 37.9 Å². The van der Waals surface area contributed by atoms with Gasteiger partial charge in [-0.2, -0.15) is 0 Å². The maximum absolute atomic E-state index is 6.85. The third-order valence-electron chi connectivity index (χ3n) is 9.99. The van der Waals surface area contributed by atoms with E-state index in [0.29, 0.717) is 65.2 Å². The van der Waals surface area contributed by atoms with Crippen molar-refractivity contribution in [3.63, 3.8) is 0 Å². The molecule has 5 aliphatic rings. The molecule has 0 radical (unpaired) electrons. The Bertz CT molecular complexity index is 2080. The van der Waals surface area contributed by atoms with E-state index < -0.39 is 5.41 Å². The first-order valence-electron chi connectivity index (χ1n) is 18.2. The number of rotatable bonds is 14. The molecule has 8 nitrogen and oxygen atoms in total.